The van der Waals surface area contributed by atoms with E-state index in [0.29, 0.717) is 11.4 Å². The average molecular weight is 363 g/mol. The highest BCUT2D eigenvalue weighted by atomic mass is 16.5. The molecule has 0 aliphatic rings. The van der Waals surface area contributed by atoms with Crippen LogP contribution in [0.5, 0.6) is 0 Å². The molecule has 0 saturated heterocycles. The van der Waals surface area contributed by atoms with Crippen LogP contribution >= 0.6 is 0 Å². The Hall–Kier alpha value is -3.08. The van der Waals surface area contributed by atoms with Crippen molar-refractivity contribution in [2.24, 2.45) is 0 Å². The second-order valence-electron chi connectivity index (χ2n) is 6.98. The van der Waals surface area contributed by atoms with Crippen molar-refractivity contribution in [3.8, 4) is 11.1 Å². The number of carbonyl (C=O) groups is 1. The summed E-state index contributed by atoms with van der Waals surface area (Å²) in [4.78, 5) is 19.0. The Morgan fingerprint density at radius 1 is 1.11 bits per heavy atom. The minimum atomic E-state index is -0.366. The van der Waals surface area contributed by atoms with Crippen LogP contribution in [0.3, 0.4) is 0 Å². The van der Waals surface area contributed by atoms with Gasteiger partial charge in [0.15, 0.2) is 0 Å². The molecule has 2 aromatic carbocycles. The number of fused-ring (bicyclic) bond motifs is 1. The van der Waals surface area contributed by atoms with Crippen LogP contribution in [0.1, 0.15) is 24.2 Å². The molecular weight excluding hydrogens is 338 g/mol. The van der Waals surface area contributed by atoms with E-state index in [-0.39, 0.29) is 12.0 Å². The highest BCUT2D eigenvalue weighted by Crippen LogP contribution is 2.35. The Morgan fingerprint density at radius 3 is 2.41 bits per heavy atom. The predicted molar refractivity (Wildman–Crippen MR) is 112 cm³/mol. The van der Waals surface area contributed by atoms with E-state index in [2.05, 4.69) is 39.5 Å². The Bertz CT molecular complexity index is 963. The highest BCUT2D eigenvalue weighted by Gasteiger charge is 2.18. The van der Waals surface area contributed by atoms with Gasteiger partial charge in [0.05, 0.1) is 12.7 Å². The van der Waals surface area contributed by atoms with Gasteiger partial charge in [0.25, 0.3) is 0 Å². The molecular formula is C22H25N3O2. The number of pyridine rings is 1. The minimum absolute atomic E-state index is 0.191. The van der Waals surface area contributed by atoms with Crippen LogP contribution in [0.25, 0.3) is 21.9 Å². The maximum absolute atomic E-state index is 12.3. The minimum Gasteiger partial charge on any atom is -0.465 e. The van der Waals surface area contributed by atoms with Gasteiger partial charge in [0.2, 0.25) is 0 Å². The van der Waals surface area contributed by atoms with E-state index in [0.717, 1.165) is 27.6 Å². The molecule has 5 heteroatoms. The number of rotatable bonds is 5. The molecule has 0 amide bonds. The SMILES string of the molecule is COC(=O)c1cccc2c(-c3ccc(N(C)C)cc3)cnc(NC(C)C)c12. The fraction of sp³-hybridized carbons (Fsp3) is 0.273. The molecule has 0 bridgehead atoms. The average Bonchev–Trinajstić information content (AvgIpc) is 2.66. The number of nitrogens with one attached hydrogen (secondary N) is 1. The molecule has 27 heavy (non-hydrogen) atoms. The summed E-state index contributed by atoms with van der Waals surface area (Å²) in [6, 6.07) is 14.2. The molecule has 0 unspecified atom stereocenters. The van der Waals surface area contributed by atoms with Gasteiger partial charge in [-0.15, -0.1) is 0 Å². The highest BCUT2D eigenvalue weighted by molar-refractivity contribution is 6.12. The van der Waals surface area contributed by atoms with Gasteiger partial charge in [0.1, 0.15) is 5.82 Å². The van der Waals surface area contributed by atoms with Gasteiger partial charge in [-0.1, -0.05) is 24.3 Å². The third kappa shape index (κ3) is 3.72. The van der Waals surface area contributed by atoms with Crippen molar-refractivity contribution in [1.29, 1.82) is 0 Å². The summed E-state index contributed by atoms with van der Waals surface area (Å²) in [7, 11) is 5.43. The van der Waals surface area contributed by atoms with Gasteiger partial charge < -0.3 is 15.0 Å². The molecule has 1 aromatic heterocycles. The molecule has 1 heterocycles. The summed E-state index contributed by atoms with van der Waals surface area (Å²) in [6.45, 7) is 4.09. The smallest absolute Gasteiger partial charge is 0.338 e. The van der Waals surface area contributed by atoms with Crippen molar-refractivity contribution in [3.63, 3.8) is 0 Å². The van der Waals surface area contributed by atoms with E-state index < -0.39 is 0 Å². The van der Waals surface area contributed by atoms with Gasteiger partial charge in [-0.3, -0.25) is 0 Å². The van der Waals surface area contributed by atoms with E-state index in [1.165, 1.54) is 7.11 Å². The summed E-state index contributed by atoms with van der Waals surface area (Å²) in [6.07, 6.45) is 1.86. The van der Waals surface area contributed by atoms with E-state index in [4.69, 9.17) is 4.74 Å². The summed E-state index contributed by atoms with van der Waals surface area (Å²) in [5.74, 6) is 0.323. The number of ether oxygens (including phenoxy) is 1. The number of benzene rings is 2. The normalized spacial score (nSPS) is 10.9. The number of hydrogen-bond acceptors (Lipinski definition) is 5. The zero-order valence-electron chi connectivity index (χ0n) is 16.4. The van der Waals surface area contributed by atoms with Gasteiger partial charge in [-0.2, -0.15) is 0 Å². The molecule has 0 fully saturated rings. The second-order valence-corrected chi connectivity index (χ2v) is 6.98. The fourth-order valence-electron chi connectivity index (χ4n) is 3.13. The van der Waals surface area contributed by atoms with Crippen LogP contribution in [0.4, 0.5) is 11.5 Å². The molecule has 0 spiro atoms. The first-order valence-electron chi connectivity index (χ1n) is 8.96. The summed E-state index contributed by atoms with van der Waals surface area (Å²) < 4.78 is 4.99. The number of methoxy groups -OCH3 is 1. The quantitative estimate of drug-likeness (QED) is 0.673. The number of anilines is 2. The van der Waals surface area contributed by atoms with Crippen LogP contribution < -0.4 is 10.2 Å². The van der Waals surface area contributed by atoms with Gasteiger partial charge in [-0.05, 0) is 43.0 Å². The Kier molecular flexibility index (Phi) is 5.31. The molecule has 0 radical (unpaired) electrons. The lowest BCUT2D eigenvalue weighted by Gasteiger charge is -2.17. The van der Waals surface area contributed by atoms with Crippen LogP contribution in [-0.2, 0) is 4.74 Å². The first-order valence-corrected chi connectivity index (χ1v) is 8.96. The third-order valence-corrected chi connectivity index (χ3v) is 4.44. The predicted octanol–water partition coefficient (Wildman–Crippen LogP) is 4.57. The number of hydrogen-bond donors (Lipinski definition) is 1. The molecule has 3 aromatic rings. The summed E-state index contributed by atoms with van der Waals surface area (Å²) >= 11 is 0. The first kappa shape index (κ1) is 18.7. The lowest BCUT2D eigenvalue weighted by molar-refractivity contribution is 0.0603. The van der Waals surface area contributed by atoms with Crippen molar-refractivity contribution in [2.45, 2.75) is 19.9 Å². The summed E-state index contributed by atoms with van der Waals surface area (Å²) in [5.41, 5.74) is 3.67. The first-order chi connectivity index (χ1) is 12.9. The van der Waals surface area contributed by atoms with Crippen LogP contribution in [0.15, 0.2) is 48.7 Å². The van der Waals surface area contributed by atoms with E-state index in [1.807, 2.05) is 46.3 Å². The van der Waals surface area contributed by atoms with Crippen molar-refractivity contribution in [2.75, 3.05) is 31.4 Å². The maximum Gasteiger partial charge on any atom is 0.338 e. The van der Waals surface area contributed by atoms with Crippen molar-refractivity contribution >= 4 is 28.2 Å². The molecule has 140 valence electrons. The fourth-order valence-corrected chi connectivity index (χ4v) is 3.13. The monoisotopic (exact) mass is 363 g/mol. The number of aromatic nitrogens is 1. The summed E-state index contributed by atoms with van der Waals surface area (Å²) in [5, 5.41) is 5.10. The standard InChI is InChI=1S/C22H25N3O2/c1-14(2)24-21-20-17(7-6-8-18(20)22(26)27-5)19(13-23-21)15-9-11-16(12-10-15)25(3)4/h6-14H,1-5H3,(H,23,24). The number of esters is 1. The third-order valence-electron chi connectivity index (χ3n) is 4.44. The molecule has 5 nitrogen and oxygen atoms in total. The lowest BCUT2D eigenvalue weighted by Crippen LogP contribution is -2.13. The molecule has 1 N–H and O–H groups in total. The number of carbonyl (C=O) groups excluding carboxylic acids is 1. The lowest BCUT2D eigenvalue weighted by atomic mass is 9.97. The van der Waals surface area contributed by atoms with Crippen LogP contribution in [0.2, 0.25) is 0 Å². The van der Waals surface area contributed by atoms with Crippen LogP contribution in [0, 0.1) is 0 Å². The number of nitrogens with zero attached hydrogens (tertiary/aromatic N) is 2. The Labute approximate surface area is 160 Å². The van der Waals surface area contributed by atoms with Crippen LogP contribution in [-0.4, -0.2) is 38.2 Å². The largest absolute Gasteiger partial charge is 0.465 e. The van der Waals surface area contributed by atoms with Gasteiger partial charge in [0, 0.05) is 43.0 Å². The van der Waals surface area contributed by atoms with Crippen molar-refractivity contribution < 1.29 is 9.53 Å². The van der Waals surface area contributed by atoms with Gasteiger partial charge >= 0.3 is 5.97 Å². The van der Waals surface area contributed by atoms with Gasteiger partial charge in [-0.25, -0.2) is 9.78 Å². The zero-order valence-corrected chi connectivity index (χ0v) is 16.4. The molecule has 0 aliphatic carbocycles. The van der Waals surface area contributed by atoms with Crippen molar-refractivity contribution in [3.05, 3.63) is 54.2 Å². The molecule has 3 rings (SSSR count). The second kappa shape index (κ2) is 7.66. The van der Waals surface area contributed by atoms with E-state index in [1.54, 1.807) is 6.07 Å². The molecule has 0 atom stereocenters. The molecule has 0 aliphatic heterocycles. The van der Waals surface area contributed by atoms with E-state index >= 15 is 0 Å². The topological polar surface area (TPSA) is 54.5 Å². The van der Waals surface area contributed by atoms with Crippen molar-refractivity contribution in [1.82, 2.24) is 4.98 Å². The zero-order chi connectivity index (χ0) is 19.6. The van der Waals surface area contributed by atoms with E-state index in [9.17, 15) is 4.79 Å². The Morgan fingerprint density at radius 2 is 1.81 bits per heavy atom. The molecule has 0 saturated carbocycles. The maximum atomic E-state index is 12.3. The Balaban J connectivity index is 2.24.